The standard InChI is InChI=1S/C12H16BrNO2S/c1-2-3-10(15)7-14-12(16)5-4-11-6-9(13)8-17-11/h4-6,8,10,15H,2-3,7H2,1H3,(H,14,16)/b5-4+. The third-order valence-corrected chi connectivity index (χ3v) is 3.78. The van der Waals surface area contributed by atoms with Gasteiger partial charge in [0.1, 0.15) is 0 Å². The summed E-state index contributed by atoms with van der Waals surface area (Å²) >= 11 is 4.91. The van der Waals surface area contributed by atoms with Crippen molar-refractivity contribution in [3.8, 4) is 0 Å². The summed E-state index contributed by atoms with van der Waals surface area (Å²) in [6, 6.07) is 1.94. The molecule has 1 heterocycles. The summed E-state index contributed by atoms with van der Waals surface area (Å²) in [5.74, 6) is -0.176. The molecule has 0 bridgehead atoms. The van der Waals surface area contributed by atoms with E-state index < -0.39 is 6.10 Å². The molecular formula is C12H16BrNO2S. The van der Waals surface area contributed by atoms with Crippen molar-refractivity contribution in [3.63, 3.8) is 0 Å². The molecule has 1 amide bonds. The number of aliphatic hydroxyl groups is 1. The average Bonchev–Trinajstić information content (AvgIpc) is 2.70. The maximum absolute atomic E-state index is 11.4. The van der Waals surface area contributed by atoms with Crippen LogP contribution in [0.15, 0.2) is 22.0 Å². The van der Waals surface area contributed by atoms with Crippen molar-refractivity contribution in [2.45, 2.75) is 25.9 Å². The molecule has 0 saturated heterocycles. The molecule has 0 radical (unpaired) electrons. The first-order valence-corrected chi connectivity index (χ1v) is 7.17. The number of carbonyl (C=O) groups is 1. The number of thiophene rings is 1. The fraction of sp³-hybridized carbons (Fsp3) is 0.417. The van der Waals surface area contributed by atoms with Crippen LogP contribution in [0.1, 0.15) is 24.6 Å². The second kappa shape index (κ2) is 7.63. The first-order chi connectivity index (χ1) is 8.11. The molecule has 1 aromatic rings. The summed E-state index contributed by atoms with van der Waals surface area (Å²) in [6.45, 7) is 2.31. The molecule has 94 valence electrons. The Labute approximate surface area is 114 Å². The highest BCUT2D eigenvalue weighted by Crippen LogP contribution is 2.20. The lowest BCUT2D eigenvalue weighted by atomic mass is 10.2. The molecule has 1 atom stereocenters. The maximum Gasteiger partial charge on any atom is 0.244 e. The van der Waals surface area contributed by atoms with Crippen molar-refractivity contribution < 1.29 is 9.90 Å². The minimum absolute atomic E-state index is 0.176. The molecule has 0 saturated carbocycles. The number of carbonyl (C=O) groups excluding carboxylic acids is 1. The van der Waals surface area contributed by atoms with Crippen LogP contribution in [0, 0.1) is 0 Å². The Bertz CT molecular complexity index is 390. The van der Waals surface area contributed by atoms with E-state index >= 15 is 0 Å². The Morgan fingerprint density at radius 1 is 1.71 bits per heavy atom. The van der Waals surface area contributed by atoms with Gasteiger partial charge >= 0.3 is 0 Å². The fourth-order valence-electron chi connectivity index (χ4n) is 1.29. The van der Waals surface area contributed by atoms with Crippen LogP contribution in [0.3, 0.4) is 0 Å². The zero-order chi connectivity index (χ0) is 12.7. The summed E-state index contributed by atoms with van der Waals surface area (Å²) in [5.41, 5.74) is 0. The number of nitrogens with one attached hydrogen (secondary N) is 1. The Morgan fingerprint density at radius 2 is 2.47 bits per heavy atom. The number of aliphatic hydroxyl groups excluding tert-OH is 1. The molecule has 0 aliphatic carbocycles. The molecule has 5 heteroatoms. The van der Waals surface area contributed by atoms with E-state index in [4.69, 9.17) is 0 Å². The lowest BCUT2D eigenvalue weighted by Crippen LogP contribution is -2.30. The summed E-state index contributed by atoms with van der Waals surface area (Å²) in [7, 11) is 0. The monoisotopic (exact) mass is 317 g/mol. The van der Waals surface area contributed by atoms with E-state index in [2.05, 4.69) is 21.2 Å². The van der Waals surface area contributed by atoms with Crippen molar-refractivity contribution in [3.05, 3.63) is 26.9 Å². The normalized spacial score (nSPS) is 12.9. The molecule has 0 aliphatic rings. The third-order valence-electron chi connectivity index (χ3n) is 2.12. The number of rotatable bonds is 6. The SMILES string of the molecule is CCCC(O)CNC(=O)/C=C/c1cc(Br)cs1. The minimum Gasteiger partial charge on any atom is -0.391 e. The number of hydrogen-bond acceptors (Lipinski definition) is 3. The van der Waals surface area contributed by atoms with E-state index in [1.165, 1.54) is 6.08 Å². The second-order valence-corrected chi connectivity index (χ2v) is 5.55. The van der Waals surface area contributed by atoms with Crippen molar-refractivity contribution in [2.75, 3.05) is 6.54 Å². The van der Waals surface area contributed by atoms with Gasteiger partial charge in [-0.2, -0.15) is 0 Å². The van der Waals surface area contributed by atoms with Gasteiger partial charge in [0.05, 0.1) is 6.10 Å². The molecule has 1 aromatic heterocycles. The van der Waals surface area contributed by atoms with E-state index in [1.807, 2.05) is 18.4 Å². The Morgan fingerprint density at radius 3 is 3.06 bits per heavy atom. The van der Waals surface area contributed by atoms with Crippen molar-refractivity contribution >= 4 is 39.2 Å². The fourth-order valence-corrected chi connectivity index (χ4v) is 2.62. The maximum atomic E-state index is 11.4. The predicted molar refractivity (Wildman–Crippen MR) is 75.0 cm³/mol. The van der Waals surface area contributed by atoms with Crippen LogP contribution in [0.5, 0.6) is 0 Å². The second-order valence-electron chi connectivity index (χ2n) is 3.69. The molecule has 3 nitrogen and oxygen atoms in total. The van der Waals surface area contributed by atoms with Gasteiger partial charge in [0.15, 0.2) is 0 Å². The van der Waals surface area contributed by atoms with Gasteiger partial charge in [0.2, 0.25) is 5.91 Å². The smallest absolute Gasteiger partial charge is 0.244 e. The van der Waals surface area contributed by atoms with Gasteiger partial charge in [-0.1, -0.05) is 13.3 Å². The van der Waals surface area contributed by atoms with Gasteiger partial charge in [-0.3, -0.25) is 4.79 Å². The van der Waals surface area contributed by atoms with Gasteiger partial charge < -0.3 is 10.4 Å². The number of hydrogen-bond donors (Lipinski definition) is 2. The molecular weight excluding hydrogens is 302 g/mol. The highest BCUT2D eigenvalue weighted by molar-refractivity contribution is 9.10. The average molecular weight is 318 g/mol. The van der Waals surface area contributed by atoms with Gasteiger partial charge in [-0.25, -0.2) is 0 Å². The van der Waals surface area contributed by atoms with Crippen LogP contribution in [0.4, 0.5) is 0 Å². The highest BCUT2D eigenvalue weighted by Gasteiger charge is 2.03. The quantitative estimate of drug-likeness (QED) is 0.793. The van der Waals surface area contributed by atoms with E-state index in [1.54, 1.807) is 17.4 Å². The van der Waals surface area contributed by atoms with Crippen molar-refractivity contribution in [2.24, 2.45) is 0 Å². The first-order valence-electron chi connectivity index (χ1n) is 5.49. The largest absolute Gasteiger partial charge is 0.391 e. The van der Waals surface area contributed by atoms with Gasteiger partial charge in [0.25, 0.3) is 0 Å². The molecule has 1 unspecified atom stereocenters. The third kappa shape index (κ3) is 6.00. The van der Waals surface area contributed by atoms with E-state index in [9.17, 15) is 9.90 Å². The number of halogens is 1. The number of amides is 1. The van der Waals surface area contributed by atoms with Gasteiger partial charge in [0, 0.05) is 27.4 Å². The Hall–Kier alpha value is -0.650. The van der Waals surface area contributed by atoms with Crippen LogP contribution in [-0.4, -0.2) is 23.7 Å². The van der Waals surface area contributed by atoms with Crippen molar-refractivity contribution in [1.29, 1.82) is 0 Å². The molecule has 17 heavy (non-hydrogen) atoms. The van der Waals surface area contributed by atoms with E-state index in [-0.39, 0.29) is 5.91 Å². The van der Waals surface area contributed by atoms with E-state index in [0.717, 1.165) is 15.8 Å². The summed E-state index contributed by atoms with van der Waals surface area (Å²) in [4.78, 5) is 12.4. The predicted octanol–water partition coefficient (Wildman–Crippen LogP) is 2.80. The van der Waals surface area contributed by atoms with Crippen LogP contribution < -0.4 is 5.32 Å². The van der Waals surface area contributed by atoms with Crippen LogP contribution in [-0.2, 0) is 4.79 Å². The highest BCUT2D eigenvalue weighted by atomic mass is 79.9. The van der Waals surface area contributed by atoms with Crippen LogP contribution in [0.2, 0.25) is 0 Å². The lowest BCUT2D eigenvalue weighted by Gasteiger charge is -2.08. The summed E-state index contributed by atoms with van der Waals surface area (Å²) in [5, 5.41) is 14.1. The van der Waals surface area contributed by atoms with E-state index in [0.29, 0.717) is 13.0 Å². The molecule has 0 aromatic carbocycles. The van der Waals surface area contributed by atoms with Crippen molar-refractivity contribution in [1.82, 2.24) is 5.32 Å². The van der Waals surface area contributed by atoms with Gasteiger partial charge in [-0.15, -0.1) is 11.3 Å². The summed E-state index contributed by atoms with van der Waals surface area (Å²) in [6.07, 6.45) is 4.42. The molecule has 1 rings (SSSR count). The lowest BCUT2D eigenvalue weighted by molar-refractivity contribution is -0.116. The Balaban J connectivity index is 2.32. The molecule has 0 fully saturated rings. The van der Waals surface area contributed by atoms with Crippen LogP contribution >= 0.6 is 27.3 Å². The zero-order valence-corrected chi connectivity index (χ0v) is 12.1. The van der Waals surface area contributed by atoms with Crippen LogP contribution in [0.25, 0.3) is 6.08 Å². The molecule has 2 N–H and O–H groups in total. The molecule has 0 spiro atoms. The summed E-state index contributed by atoms with van der Waals surface area (Å²) < 4.78 is 1.01. The molecule has 0 aliphatic heterocycles. The zero-order valence-electron chi connectivity index (χ0n) is 9.65. The van der Waals surface area contributed by atoms with Gasteiger partial charge in [-0.05, 0) is 34.5 Å². The topological polar surface area (TPSA) is 49.3 Å². The Kier molecular flexibility index (Phi) is 6.47. The minimum atomic E-state index is -0.451. The first kappa shape index (κ1) is 14.4.